The number of rotatable bonds is 11. The minimum Gasteiger partial charge on any atom is -0.778 e. The Hall–Kier alpha value is -3.50. The molecule has 3 aromatic rings. The van der Waals surface area contributed by atoms with Gasteiger partial charge in [-0.2, -0.15) is 0 Å². The number of aliphatic carboxylic acids is 1. The molecule has 0 spiro atoms. The Morgan fingerprint density at radius 1 is 1.15 bits per heavy atom. The number of carboxylic acid groups (broad SMARTS) is 1. The van der Waals surface area contributed by atoms with Crippen LogP contribution in [0.3, 0.4) is 0 Å². The highest BCUT2D eigenvalue weighted by Gasteiger charge is 2.54. The number of carbonyl (C=O) groups is 2. The van der Waals surface area contributed by atoms with Crippen molar-refractivity contribution in [3.63, 3.8) is 0 Å². The van der Waals surface area contributed by atoms with Gasteiger partial charge >= 0.3 is 12.0 Å². The van der Waals surface area contributed by atoms with Crippen molar-refractivity contribution in [1.29, 1.82) is 0 Å². The summed E-state index contributed by atoms with van der Waals surface area (Å²) in [5, 5.41) is 16.3. The third kappa shape index (κ3) is 6.13. The SMILES string of the molecule is CCNC(=O)Nc1ncnc2c1ncn2[C@@H]1O[C@H](COP(=O)([O-])CNCC(=O)O)[C@@H]2O[C@H](c3ccccc3)O[C@@H]21. The van der Waals surface area contributed by atoms with Crippen molar-refractivity contribution in [3.8, 4) is 0 Å². The van der Waals surface area contributed by atoms with Gasteiger partial charge < -0.3 is 38.6 Å². The first-order valence-electron chi connectivity index (χ1n) is 12.4. The lowest BCUT2D eigenvalue weighted by molar-refractivity contribution is -0.204. The van der Waals surface area contributed by atoms with Crippen LogP contribution < -0.4 is 20.8 Å². The first kappa shape index (κ1) is 28.0. The number of ether oxygens (including phenoxy) is 3. The van der Waals surface area contributed by atoms with Crippen molar-refractivity contribution in [1.82, 2.24) is 30.2 Å². The number of nitrogens with zero attached hydrogens (tertiary/aromatic N) is 4. The van der Waals surface area contributed by atoms with Gasteiger partial charge in [0.15, 0.2) is 29.5 Å². The van der Waals surface area contributed by atoms with E-state index >= 15 is 0 Å². The Balaban J connectivity index is 1.39. The number of carbonyl (C=O) groups excluding carboxylic acids is 1. The van der Waals surface area contributed by atoms with Crippen molar-refractivity contribution in [3.05, 3.63) is 48.5 Å². The van der Waals surface area contributed by atoms with Gasteiger partial charge in [-0.1, -0.05) is 30.3 Å². The number of amides is 2. The average Bonchev–Trinajstić information content (AvgIpc) is 3.62. The van der Waals surface area contributed by atoms with Crippen LogP contribution in [-0.2, 0) is 28.1 Å². The third-order valence-corrected chi connectivity index (χ3v) is 7.29. The summed E-state index contributed by atoms with van der Waals surface area (Å²) < 4.78 is 37.7. The highest BCUT2D eigenvalue weighted by atomic mass is 31.2. The minimum atomic E-state index is -4.44. The van der Waals surface area contributed by atoms with Gasteiger partial charge in [-0.05, 0) is 6.92 Å². The summed E-state index contributed by atoms with van der Waals surface area (Å²) in [6.45, 7) is 1.26. The first-order chi connectivity index (χ1) is 19.3. The number of nitrogens with one attached hydrogen (secondary N) is 3. The van der Waals surface area contributed by atoms with Crippen LogP contribution in [0.5, 0.6) is 0 Å². The molecule has 2 aromatic heterocycles. The molecule has 6 atom stereocenters. The van der Waals surface area contributed by atoms with Crippen LogP contribution in [0, 0.1) is 0 Å². The van der Waals surface area contributed by atoms with E-state index in [1.54, 1.807) is 11.5 Å². The maximum Gasteiger partial charge on any atom is 0.320 e. The van der Waals surface area contributed by atoms with Crippen LogP contribution in [0.2, 0.25) is 0 Å². The van der Waals surface area contributed by atoms with Gasteiger partial charge in [-0.15, -0.1) is 0 Å². The number of imidazole rings is 1. The zero-order valence-electron chi connectivity index (χ0n) is 21.2. The quantitative estimate of drug-likeness (QED) is 0.230. The molecule has 0 bridgehead atoms. The van der Waals surface area contributed by atoms with E-state index in [0.717, 1.165) is 5.56 Å². The molecule has 1 unspecified atom stereocenters. The summed E-state index contributed by atoms with van der Waals surface area (Å²) >= 11 is 0. The molecule has 2 amide bonds. The van der Waals surface area contributed by atoms with E-state index in [-0.39, 0.29) is 5.82 Å². The molecular formula is C23H27N7O9P-. The van der Waals surface area contributed by atoms with Crippen LogP contribution >= 0.6 is 7.60 Å². The van der Waals surface area contributed by atoms with Crippen LogP contribution in [0.4, 0.5) is 10.6 Å². The normalized spacial score (nSPS) is 25.4. The number of urea groups is 1. The number of aromatic nitrogens is 4. The predicted molar refractivity (Wildman–Crippen MR) is 135 cm³/mol. The molecule has 16 nitrogen and oxygen atoms in total. The van der Waals surface area contributed by atoms with Crippen LogP contribution in [0.25, 0.3) is 11.2 Å². The van der Waals surface area contributed by atoms with Crippen molar-refractivity contribution >= 4 is 36.6 Å². The largest absolute Gasteiger partial charge is 0.778 e. The smallest absolute Gasteiger partial charge is 0.320 e. The van der Waals surface area contributed by atoms with Gasteiger partial charge in [0.1, 0.15) is 32.2 Å². The average molecular weight is 576 g/mol. The molecule has 0 aliphatic carbocycles. The molecule has 1 aromatic carbocycles. The molecule has 4 N–H and O–H groups in total. The van der Waals surface area contributed by atoms with Crippen molar-refractivity contribution in [2.24, 2.45) is 0 Å². The zero-order valence-corrected chi connectivity index (χ0v) is 22.1. The summed E-state index contributed by atoms with van der Waals surface area (Å²) in [6, 6.07) is 8.76. The maximum atomic E-state index is 12.4. The van der Waals surface area contributed by atoms with Crippen LogP contribution in [0.1, 0.15) is 25.0 Å². The standard InChI is InChI=1S/C23H28N7O9P/c1-2-25-23(33)29-19-16-20(27-10-26-19)30(11-28-16)21-18-17(38-22(39-18)13-6-4-3-5-7-13)14(37-21)9-36-40(34,35)12-24-8-15(31)32/h3-7,10-11,14,17-18,21-22,24H,2,8-9,12H2,1H3,(H,31,32)(H,34,35)(H2,25,26,27,29,33)/p-1/t14-,17+,18+,21-,22+/m1/s1. The molecule has 2 aliphatic rings. The Labute approximate surface area is 227 Å². The molecule has 4 heterocycles. The molecule has 17 heteroatoms. The highest BCUT2D eigenvalue weighted by molar-refractivity contribution is 7.51. The lowest BCUT2D eigenvalue weighted by Crippen LogP contribution is -2.33. The summed E-state index contributed by atoms with van der Waals surface area (Å²) in [7, 11) is -4.44. The summed E-state index contributed by atoms with van der Waals surface area (Å²) in [5.74, 6) is -1.01. The van der Waals surface area contributed by atoms with Gasteiger partial charge in [-0.25, -0.2) is 19.7 Å². The second-order valence-electron chi connectivity index (χ2n) is 8.93. The summed E-state index contributed by atoms with van der Waals surface area (Å²) in [6.07, 6.45) is -1.85. The van der Waals surface area contributed by atoms with E-state index in [9.17, 15) is 19.0 Å². The molecule has 40 heavy (non-hydrogen) atoms. The number of anilines is 1. The van der Waals surface area contributed by atoms with Gasteiger partial charge in [0.2, 0.25) is 0 Å². The van der Waals surface area contributed by atoms with E-state index < -0.39 is 69.9 Å². The monoisotopic (exact) mass is 576 g/mol. The minimum absolute atomic E-state index is 0.191. The number of carboxylic acids is 1. The molecule has 0 radical (unpaired) electrons. The van der Waals surface area contributed by atoms with E-state index in [1.165, 1.54) is 12.7 Å². The van der Waals surface area contributed by atoms with E-state index in [0.29, 0.717) is 17.7 Å². The number of hydrogen-bond acceptors (Lipinski definition) is 12. The zero-order chi connectivity index (χ0) is 28.3. The summed E-state index contributed by atoms with van der Waals surface area (Å²) in [5.41, 5.74) is 1.40. The Morgan fingerprint density at radius 3 is 2.67 bits per heavy atom. The molecule has 214 valence electrons. The molecular weight excluding hydrogens is 549 g/mol. The predicted octanol–water partition coefficient (Wildman–Crippen LogP) is 0.550. The van der Waals surface area contributed by atoms with E-state index in [4.69, 9.17) is 23.8 Å². The second-order valence-corrected chi connectivity index (χ2v) is 10.7. The first-order valence-corrected chi connectivity index (χ1v) is 14.1. The van der Waals surface area contributed by atoms with Gasteiger partial charge in [0.05, 0.1) is 25.8 Å². The lowest BCUT2D eigenvalue weighted by atomic mass is 10.1. The fraction of sp³-hybridized carbons (Fsp3) is 0.435. The fourth-order valence-electron chi connectivity index (χ4n) is 4.43. The van der Waals surface area contributed by atoms with Gasteiger partial charge in [0.25, 0.3) is 0 Å². The number of benzene rings is 1. The van der Waals surface area contributed by atoms with Crippen molar-refractivity contribution in [2.45, 2.75) is 37.8 Å². The van der Waals surface area contributed by atoms with Crippen molar-refractivity contribution < 1.29 is 42.9 Å². The van der Waals surface area contributed by atoms with Gasteiger partial charge in [0, 0.05) is 12.1 Å². The number of fused-ring (bicyclic) bond motifs is 2. The Bertz CT molecular complexity index is 1410. The fourth-order valence-corrected chi connectivity index (χ4v) is 5.29. The molecule has 2 fully saturated rings. The third-order valence-electron chi connectivity index (χ3n) is 6.14. The molecule has 0 saturated carbocycles. The molecule has 5 rings (SSSR count). The lowest BCUT2D eigenvalue weighted by Gasteiger charge is -2.26. The Morgan fingerprint density at radius 2 is 1.93 bits per heavy atom. The van der Waals surface area contributed by atoms with Gasteiger partial charge in [-0.3, -0.25) is 20.0 Å². The molecule has 2 saturated heterocycles. The van der Waals surface area contributed by atoms with Crippen molar-refractivity contribution in [2.75, 3.05) is 31.3 Å². The van der Waals surface area contributed by atoms with Crippen LogP contribution in [-0.4, -0.2) is 80.9 Å². The highest BCUT2D eigenvalue weighted by Crippen LogP contribution is 2.46. The maximum absolute atomic E-state index is 12.4. The van der Waals surface area contributed by atoms with E-state index in [2.05, 4.69) is 30.9 Å². The topological polar surface area (TPSA) is 211 Å². The number of hydrogen-bond donors (Lipinski definition) is 4. The Kier molecular flexibility index (Phi) is 8.37. The second kappa shape index (κ2) is 11.9. The summed E-state index contributed by atoms with van der Waals surface area (Å²) in [4.78, 5) is 47.9. The van der Waals surface area contributed by atoms with Crippen LogP contribution in [0.15, 0.2) is 43.0 Å². The van der Waals surface area contributed by atoms with E-state index in [1.807, 2.05) is 30.3 Å². The molecule has 2 aliphatic heterocycles.